The van der Waals surface area contributed by atoms with Gasteiger partial charge in [-0.3, -0.25) is 4.98 Å². The highest BCUT2D eigenvalue weighted by atomic mass is 16.5. The normalized spacial score (nSPS) is 16.7. The third kappa shape index (κ3) is 2.06. The van der Waals surface area contributed by atoms with Gasteiger partial charge < -0.3 is 14.4 Å². The molecule has 1 atom stereocenters. The summed E-state index contributed by atoms with van der Waals surface area (Å²) in [6.07, 6.45) is 5.08. The number of hydrogen-bond donors (Lipinski definition) is 1. The summed E-state index contributed by atoms with van der Waals surface area (Å²) in [5, 5.41) is 13.3. The van der Waals surface area contributed by atoms with Crippen LogP contribution in [0.5, 0.6) is 5.75 Å². The zero-order valence-electron chi connectivity index (χ0n) is 9.91. The van der Waals surface area contributed by atoms with Crippen LogP contribution >= 0.6 is 0 Å². The van der Waals surface area contributed by atoms with E-state index < -0.39 is 0 Å². The van der Waals surface area contributed by atoms with Crippen LogP contribution in [0.15, 0.2) is 23.0 Å². The Bertz CT molecular complexity index is 551. The second kappa shape index (κ2) is 4.38. The minimum absolute atomic E-state index is 0.0673. The van der Waals surface area contributed by atoms with Crippen molar-refractivity contribution < 1.29 is 14.4 Å². The topological polar surface area (TPSA) is 81.3 Å². The number of hydrogen-bond acceptors (Lipinski definition) is 6. The minimum Gasteiger partial charge on any atom is -0.506 e. The first-order chi connectivity index (χ1) is 8.78. The van der Waals surface area contributed by atoms with Crippen molar-refractivity contribution in [1.82, 2.24) is 15.1 Å². The molecule has 0 amide bonds. The van der Waals surface area contributed by atoms with E-state index in [0.717, 1.165) is 12.8 Å². The van der Waals surface area contributed by atoms with Crippen LogP contribution in [0.3, 0.4) is 0 Å². The standard InChI is InChI=1S/C12H13N3O3/c1-17-10(7-2-3-7)11-14-12(18-15-11)8-4-9(16)6-13-5-8/h4-7,10,16H,2-3H2,1H3. The molecule has 0 bridgehead atoms. The molecule has 6 heteroatoms. The van der Waals surface area contributed by atoms with Crippen LogP contribution in [0, 0.1) is 5.92 Å². The molecule has 18 heavy (non-hydrogen) atoms. The molecular formula is C12H13N3O3. The SMILES string of the molecule is COC(c1noc(-c2cncc(O)c2)n1)C1CC1. The summed E-state index contributed by atoms with van der Waals surface area (Å²) >= 11 is 0. The van der Waals surface area contributed by atoms with Crippen LogP contribution in [0.1, 0.15) is 24.8 Å². The second-order valence-corrected chi connectivity index (χ2v) is 4.38. The molecule has 2 heterocycles. The summed E-state index contributed by atoms with van der Waals surface area (Å²) < 4.78 is 10.6. The summed E-state index contributed by atoms with van der Waals surface area (Å²) in [5.41, 5.74) is 0.597. The molecule has 2 aromatic rings. The van der Waals surface area contributed by atoms with Crippen molar-refractivity contribution in [3.63, 3.8) is 0 Å². The number of aromatic hydroxyl groups is 1. The molecule has 1 unspecified atom stereocenters. The van der Waals surface area contributed by atoms with Gasteiger partial charge in [-0.25, -0.2) is 0 Å². The fourth-order valence-corrected chi connectivity index (χ4v) is 1.92. The lowest BCUT2D eigenvalue weighted by atomic mass is 10.2. The highest BCUT2D eigenvalue weighted by Crippen LogP contribution is 2.42. The van der Waals surface area contributed by atoms with Gasteiger partial charge in [0.25, 0.3) is 5.89 Å². The summed E-state index contributed by atoms with van der Waals surface area (Å²) in [6, 6.07) is 1.53. The molecule has 1 N–H and O–H groups in total. The van der Waals surface area contributed by atoms with Gasteiger partial charge >= 0.3 is 0 Å². The molecular weight excluding hydrogens is 234 g/mol. The first kappa shape index (κ1) is 11.2. The zero-order valence-corrected chi connectivity index (χ0v) is 9.91. The van der Waals surface area contributed by atoms with E-state index >= 15 is 0 Å². The molecule has 0 aromatic carbocycles. The number of rotatable bonds is 4. The van der Waals surface area contributed by atoms with E-state index in [1.165, 1.54) is 12.3 Å². The van der Waals surface area contributed by atoms with Crippen molar-refractivity contribution in [2.45, 2.75) is 18.9 Å². The molecule has 6 nitrogen and oxygen atoms in total. The quantitative estimate of drug-likeness (QED) is 0.889. The van der Waals surface area contributed by atoms with Gasteiger partial charge in [-0.15, -0.1) is 0 Å². The molecule has 0 aliphatic heterocycles. The Morgan fingerprint density at radius 3 is 2.94 bits per heavy atom. The Labute approximate surface area is 104 Å². The minimum atomic E-state index is -0.104. The molecule has 2 aromatic heterocycles. The van der Waals surface area contributed by atoms with Crippen LogP contribution in [-0.4, -0.2) is 27.3 Å². The number of methoxy groups -OCH3 is 1. The maximum atomic E-state index is 9.36. The lowest BCUT2D eigenvalue weighted by Crippen LogP contribution is -2.05. The van der Waals surface area contributed by atoms with Crippen LogP contribution in [0.2, 0.25) is 0 Å². The molecule has 3 rings (SSSR count). The Hall–Kier alpha value is -1.95. The molecule has 0 spiro atoms. The van der Waals surface area contributed by atoms with E-state index in [2.05, 4.69) is 15.1 Å². The van der Waals surface area contributed by atoms with Crippen molar-refractivity contribution in [2.24, 2.45) is 5.92 Å². The average molecular weight is 247 g/mol. The summed E-state index contributed by atoms with van der Waals surface area (Å²) in [5.74, 6) is 1.45. The van der Waals surface area contributed by atoms with Gasteiger partial charge in [0, 0.05) is 13.3 Å². The van der Waals surface area contributed by atoms with Gasteiger partial charge in [0.15, 0.2) is 0 Å². The van der Waals surface area contributed by atoms with Crippen LogP contribution < -0.4 is 0 Å². The highest BCUT2D eigenvalue weighted by molar-refractivity contribution is 5.53. The van der Waals surface area contributed by atoms with Gasteiger partial charge in [0.1, 0.15) is 11.9 Å². The Balaban J connectivity index is 1.88. The molecule has 1 saturated carbocycles. The van der Waals surface area contributed by atoms with Gasteiger partial charge in [-0.1, -0.05) is 5.16 Å². The fourth-order valence-electron chi connectivity index (χ4n) is 1.92. The summed E-state index contributed by atoms with van der Waals surface area (Å²) in [6.45, 7) is 0. The van der Waals surface area contributed by atoms with E-state index in [9.17, 15) is 5.11 Å². The van der Waals surface area contributed by atoms with E-state index in [-0.39, 0.29) is 11.9 Å². The Morgan fingerprint density at radius 1 is 1.44 bits per heavy atom. The second-order valence-electron chi connectivity index (χ2n) is 4.38. The lowest BCUT2D eigenvalue weighted by molar-refractivity contribution is 0.0751. The molecule has 1 aliphatic carbocycles. The van der Waals surface area contributed by atoms with Crippen molar-refractivity contribution in [3.05, 3.63) is 24.3 Å². The largest absolute Gasteiger partial charge is 0.506 e. The fraction of sp³-hybridized carbons (Fsp3) is 0.417. The monoisotopic (exact) mass is 247 g/mol. The zero-order chi connectivity index (χ0) is 12.5. The van der Waals surface area contributed by atoms with Gasteiger partial charge in [-0.2, -0.15) is 4.98 Å². The summed E-state index contributed by atoms with van der Waals surface area (Å²) in [7, 11) is 1.65. The van der Waals surface area contributed by atoms with Crippen LogP contribution in [0.25, 0.3) is 11.5 Å². The van der Waals surface area contributed by atoms with Crippen molar-refractivity contribution in [3.8, 4) is 17.2 Å². The van der Waals surface area contributed by atoms with E-state index in [1.807, 2.05) is 0 Å². The van der Waals surface area contributed by atoms with Crippen LogP contribution in [-0.2, 0) is 4.74 Å². The number of pyridine rings is 1. The number of ether oxygens (including phenoxy) is 1. The van der Waals surface area contributed by atoms with Crippen molar-refractivity contribution >= 4 is 0 Å². The van der Waals surface area contributed by atoms with Crippen molar-refractivity contribution in [2.75, 3.05) is 7.11 Å². The lowest BCUT2D eigenvalue weighted by Gasteiger charge is -2.08. The molecule has 94 valence electrons. The van der Waals surface area contributed by atoms with Gasteiger partial charge in [0.05, 0.1) is 11.8 Å². The van der Waals surface area contributed by atoms with Gasteiger partial charge in [-0.05, 0) is 24.8 Å². The third-order valence-corrected chi connectivity index (χ3v) is 2.97. The predicted molar refractivity (Wildman–Crippen MR) is 61.7 cm³/mol. The first-order valence-electron chi connectivity index (χ1n) is 5.78. The number of nitrogens with zero attached hydrogens (tertiary/aromatic N) is 3. The van der Waals surface area contributed by atoms with Gasteiger partial charge in [0.2, 0.25) is 5.82 Å². The Morgan fingerprint density at radius 2 is 2.28 bits per heavy atom. The predicted octanol–water partition coefficient (Wildman–Crippen LogP) is 1.93. The smallest absolute Gasteiger partial charge is 0.259 e. The van der Waals surface area contributed by atoms with E-state index in [4.69, 9.17) is 9.26 Å². The van der Waals surface area contributed by atoms with Crippen LogP contribution in [0.4, 0.5) is 0 Å². The molecule has 0 saturated heterocycles. The van der Waals surface area contributed by atoms with E-state index in [1.54, 1.807) is 13.3 Å². The maximum absolute atomic E-state index is 9.36. The molecule has 0 radical (unpaired) electrons. The Kier molecular flexibility index (Phi) is 2.71. The maximum Gasteiger partial charge on any atom is 0.259 e. The van der Waals surface area contributed by atoms with Crippen molar-refractivity contribution in [1.29, 1.82) is 0 Å². The average Bonchev–Trinajstić information content (AvgIpc) is 3.07. The van der Waals surface area contributed by atoms with E-state index in [0.29, 0.717) is 23.2 Å². The highest BCUT2D eigenvalue weighted by Gasteiger charge is 2.35. The molecule has 1 aliphatic rings. The summed E-state index contributed by atoms with van der Waals surface area (Å²) in [4.78, 5) is 8.17. The number of aromatic nitrogens is 3. The third-order valence-electron chi connectivity index (χ3n) is 2.97. The molecule has 1 fully saturated rings. The first-order valence-corrected chi connectivity index (χ1v) is 5.78.